The van der Waals surface area contributed by atoms with Crippen molar-refractivity contribution < 1.29 is 17.6 Å². The maximum Gasteiger partial charge on any atom is 0.416 e. The van der Waals surface area contributed by atoms with Gasteiger partial charge in [0.15, 0.2) is 0 Å². The zero-order chi connectivity index (χ0) is 19.4. The fourth-order valence-electron chi connectivity index (χ4n) is 2.36. The first-order valence-electron chi connectivity index (χ1n) is 8.07. The topological polar surface area (TPSA) is 29.6 Å². The molecule has 0 radical (unpaired) electrons. The molecule has 0 fully saturated rings. The van der Waals surface area contributed by atoms with Crippen LogP contribution >= 0.6 is 11.3 Å². The van der Waals surface area contributed by atoms with Crippen molar-refractivity contribution in [3.8, 4) is 11.3 Å². The summed E-state index contributed by atoms with van der Waals surface area (Å²) >= 11 is 1.38. The minimum absolute atomic E-state index is 0.341. The molecule has 0 bridgehead atoms. The minimum atomic E-state index is -4.37. The third kappa shape index (κ3) is 4.51. The molecule has 0 aliphatic rings. The first-order chi connectivity index (χ1) is 12.9. The second kappa shape index (κ2) is 7.87. The lowest BCUT2D eigenvalue weighted by Gasteiger charge is -2.06. The zero-order valence-electron chi connectivity index (χ0n) is 14.2. The highest BCUT2D eigenvalue weighted by Gasteiger charge is 2.29. The quantitative estimate of drug-likeness (QED) is 0.432. The Balaban J connectivity index is 1.98. The molecule has 8 heteroatoms. The van der Waals surface area contributed by atoms with Gasteiger partial charge in [-0.1, -0.05) is 12.1 Å². The van der Waals surface area contributed by atoms with Crippen LogP contribution in [0.5, 0.6) is 0 Å². The lowest BCUT2D eigenvalue weighted by atomic mass is 10.1. The molecule has 27 heavy (non-hydrogen) atoms. The van der Waals surface area contributed by atoms with E-state index in [-0.39, 0.29) is 5.82 Å². The van der Waals surface area contributed by atoms with Gasteiger partial charge in [-0.3, -0.25) is 4.99 Å². The standard InChI is InChI=1S/C19H15F4N3S/c1-2-24-18-26(17(12-27-18)14-5-9-16(20)10-6-14)25-11-13-3-7-15(8-4-13)19(21,22)23/h3-12H,2H2,1H3/b24-18?,25-11-. The van der Waals surface area contributed by atoms with E-state index in [4.69, 9.17) is 0 Å². The maximum atomic E-state index is 13.2. The molecule has 0 saturated carbocycles. The fourth-order valence-corrected chi connectivity index (χ4v) is 3.26. The Morgan fingerprint density at radius 2 is 1.70 bits per heavy atom. The molecule has 1 heterocycles. The first kappa shape index (κ1) is 19.0. The summed E-state index contributed by atoms with van der Waals surface area (Å²) in [6.45, 7) is 2.44. The highest BCUT2D eigenvalue weighted by atomic mass is 32.1. The van der Waals surface area contributed by atoms with E-state index >= 15 is 0 Å². The zero-order valence-corrected chi connectivity index (χ0v) is 15.1. The molecule has 0 amide bonds. The Morgan fingerprint density at radius 1 is 1.04 bits per heavy atom. The average molecular weight is 393 g/mol. The smallest absolute Gasteiger partial charge is 0.258 e. The van der Waals surface area contributed by atoms with Crippen LogP contribution < -0.4 is 4.80 Å². The van der Waals surface area contributed by atoms with Crippen LogP contribution in [0.2, 0.25) is 0 Å². The fraction of sp³-hybridized carbons (Fsp3) is 0.158. The summed E-state index contributed by atoms with van der Waals surface area (Å²) in [6, 6.07) is 10.7. The number of aromatic nitrogens is 1. The Hall–Kier alpha value is -2.74. The van der Waals surface area contributed by atoms with Gasteiger partial charge in [-0.25, -0.2) is 9.07 Å². The van der Waals surface area contributed by atoms with Crippen LogP contribution in [0.4, 0.5) is 17.6 Å². The Morgan fingerprint density at radius 3 is 2.30 bits per heavy atom. The van der Waals surface area contributed by atoms with Crippen molar-refractivity contribution in [3.63, 3.8) is 0 Å². The van der Waals surface area contributed by atoms with Gasteiger partial charge in [0.25, 0.3) is 0 Å². The number of thiazole rings is 1. The van der Waals surface area contributed by atoms with E-state index in [2.05, 4.69) is 10.1 Å². The molecule has 3 nitrogen and oxygen atoms in total. The lowest BCUT2D eigenvalue weighted by Crippen LogP contribution is -2.12. The van der Waals surface area contributed by atoms with Gasteiger partial charge in [0.1, 0.15) is 5.82 Å². The van der Waals surface area contributed by atoms with Crippen LogP contribution in [-0.4, -0.2) is 17.4 Å². The molecular weight excluding hydrogens is 378 g/mol. The predicted octanol–water partition coefficient (Wildman–Crippen LogP) is 5.18. The van der Waals surface area contributed by atoms with E-state index in [1.165, 1.54) is 41.8 Å². The second-order valence-corrected chi connectivity index (χ2v) is 6.40. The first-order valence-corrected chi connectivity index (χ1v) is 8.95. The second-order valence-electron chi connectivity index (χ2n) is 5.56. The van der Waals surface area contributed by atoms with Gasteiger partial charge >= 0.3 is 6.18 Å². The van der Waals surface area contributed by atoms with Gasteiger partial charge in [-0.15, -0.1) is 11.3 Å². The normalized spacial score (nSPS) is 12.9. The number of nitrogens with zero attached hydrogens (tertiary/aromatic N) is 3. The molecule has 1 aromatic heterocycles. The molecule has 0 N–H and O–H groups in total. The molecule has 0 aliphatic carbocycles. The van der Waals surface area contributed by atoms with Crippen LogP contribution in [0.15, 0.2) is 64.0 Å². The summed E-state index contributed by atoms with van der Waals surface area (Å²) in [5.74, 6) is -0.341. The Bertz CT molecular complexity index is 997. The van der Waals surface area contributed by atoms with Crippen molar-refractivity contribution in [2.75, 3.05) is 6.54 Å². The van der Waals surface area contributed by atoms with Crippen molar-refractivity contribution in [2.45, 2.75) is 13.1 Å². The monoisotopic (exact) mass is 393 g/mol. The molecule has 0 spiro atoms. The molecule has 2 aromatic carbocycles. The van der Waals surface area contributed by atoms with Gasteiger partial charge in [0.05, 0.1) is 17.5 Å². The van der Waals surface area contributed by atoms with Crippen LogP contribution in [0.25, 0.3) is 11.3 Å². The summed E-state index contributed by atoms with van der Waals surface area (Å²) in [5, 5.41) is 6.23. The molecule has 3 rings (SSSR count). The Labute approximate surface area is 156 Å². The average Bonchev–Trinajstić information content (AvgIpc) is 3.03. The summed E-state index contributed by atoms with van der Waals surface area (Å²) in [6.07, 6.45) is -2.91. The van der Waals surface area contributed by atoms with E-state index in [1.807, 2.05) is 12.3 Å². The van der Waals surface area contributed by atoms with E-state index < -0.39 is 11.7 Å². The lowest BCUT2D eigenvalue weighted by molar-refractivity contribution is -0.137. The molecule has 3 aromatic rings. The van der Waals surface area contributed by atoms with Crippen molar-refractivity contribution in [1.29, 1.82) is 0 Å². The van der Waals surface area contributed by atoms with Gasteiger partial charge < -0.3 is 0 Å². The van der Waals surface area contributed by atoms with Gasteiger partial charge in [-0.2, -0.15) is 18.3 Å². The highest BCUT2D eigenvalue weighted by Crippen LogP contribution is 2.29. The summed E-state index contributed by atoms with van der Waals surface area (Å²) in [4.78, 5) is 5.01. The number of benzene rings is 2. The van der Waals surface area contributed by atoms with Crippen molar-refractivity contribution in [1.82, 2.24) is 4.68 Å². The van der Waals surface area contributed by atoms with Crippen molar-refractivity contribution in [2.24, 2.45) is 10.1 Å². The molecule has 0 atom stereocenters. The van der Waals surface area contributed by atoms with Crippen LogP contribution in [0.3, 0.4) is 0 Å². The molecular formula is C19H15F4N3S. The SMILES string of the molecule is CCN=c1scc(-c2ccc(F)cc2)n1/N=C\c1ccc(C(F)(F)F)cc1. The van der Waals surface area contributed by atoms with Crippen LogP contribution in [0.1, 0.15) is 18.1 Å². The number of hydrogen-bond donors (Lipinski definition) is 0. The van der Waals surface area contributed by atoms with Gasteiger partial charge in [0.2, 0.25) is 4.80 Å². The minimum Gasteiger partial charge on any atom is -0.258 e. The molecule has 0 aliphatic heterocycles. The summed E-state index contributed by atoms with van der Waals surface area (Å²) in [5.41, 5.74) is 1.29. The third-order valence-electron chi connectivity index (χ3n) is 3.68. The largest absolute Gasteiger partial charge is 0.416 e. The molecule has 0 unspecified atom stereocenters. The van der Waals surface area contributed by atoms with Gasteiger partial charge in [-0.05, 0) is 48.9 Å². The van der Waals surface area contributed by atoms with E-state index in [9.17, 15) is 17.6 Å². The van der Waals surface area contributed by atoms with Crippen molar-refractivity contribution in [3.05, 3.63) is 75.7 Å². The van der Waals surface area contributed by atoms with E-state index in [0.29, 0.717) is 16.9 Å². The van der Waals surface area contributed by atoms with Crippen LogP contribution in [0, 0.1) is 5.82 Å². The van der Waals surface area contributed by atoms with Crippen LogP contribution in [-0.2, 0) is 6.18 Å². The third-order valence-corrected chi connectivity index (χ3v) is 4.53. The maximum absolute atomic E-state index is 13.2. The number of halogens is 4. The number of rotatable bonds is 4. The Kier molecular flexibility index (Phi) is 5.55. The van der Waals surface area contributed by atoms with E-state index in [0.717, 1.165) is 23.4 Å². The predicted molar refractivity (Wildman–Crippen MR) is 98.2 cm³/mol. The highest BCUT2D eigenvalue weighted by molar-refractivity contribution is 7.07. The number of hydrogen-bond acceptors (Lipinski definition) is 3. The summed E-state index contributed by atoms with van der Waals surface area (Å²) < 4.78 is 52.8. The van der Waals surface area contributed by atoms with E-state index in [1.54, 1.807) is 16.8 Å². The van der Waals surface area contributed by atoms with Gasteiger partial charge in [0, 0.05) is 17.5 Å². The van der Waals surface area contributed by atoms with Crippen molar-refractivity contribution >= 4 is 17.6 Å². The molecule has 0 saturated heterocycles. The number of alkyl halides is 3. The molecule has 140 valence electrons. The summed E-state index contributed by atoms with van der Waals surface area (Å²) in [7, 11) is 0.